The molecule has 0 radical (unpaired) electrons. The predicted molar refractivity (Wildman–Crippen MR) is 92.2 cm³/mol. The lowest BCUT2D eigenvalue weighted by Gasteiger charge is -2.18. The normalized spacial score (nSPS) is 14.8. The summed E-state index contributed by atoms with van der Waals surface area (Å²) in [5.41, 5.74) is 3.77. The minimum absolute atomic E-state index is 1.04. The monoisotopic (exact) mass is 387 g/mol. The zero-order chi connectivity index (χ0) is 19.3. The van der Waals surface area contributed by atoms with Gasteiger partial charge in [-0.25, -0.2) is 14.8 Å². The molecular weight excluding hydrogens is 367 g/mol. The number of halogens is 3. The fourth-order valence-corrected chi connectivity index (χ4v) is 3.62. The van der Waals surface area contributed by atoms with Crippen LogP contribution in [0.2, 0.25) is 0 Å². The Morgan fingerprint density at radius 1 is 1.23 bits per heavy atom. The van der Waals surface area contributed by atoms with E-state index in [1.807, 2.05) is 11.3 Å². The van der Waals surface area contributed by atoms with Crippen LogP contribution < -0.4 is 0 Å². The van der Waals surface area contributed by atoms with Crippen molar-refractivity contribution in [1.82, 2.24) is 14.9 Å². The largest absolute Gasteiger partial charge is 0.490 e. The van der Waals surface area contributed by atoms with Gasteiger partial charge in [0.05, 0.1) is 0 Å². The number of thiophene rings is 1. The van der Waals surface area contributed by atoms with Gasteiger partial charge in [0, 0.05) is 47.2 Å². The van der Waals surface area contributed by atoms with Crippen LogP contribution in [0.4, 0.5) is 13.2 Å². The number of carbonyl (C=O) groups is 1. The highest BCUT2D eigenvalue weighted by Crippen LogP contribution is 2.20. The summed E-state index contributed by atoms with van der Waals surface area (Å²) in [5.74, 6) is -2.76. The van der Waals surface area contributed by atoms with E-state index < -0.39 is 12.1 Å². The molecule has 26 heavy (non-hydrogen) atoms. The Morgan fingerprint density at radius 3 is 2.46 bits per heavy atom. The summed E-state index contributed by atoms with van der Waals surface area (Å²) < 4.78 is 31.7. The lowest BCUT2D eigenvalue weighted by atomic mass is 10.1. The Bertz CT molecular complexity index is 762. The van der Waals surface area contributed by atoms with Crippen LogP contribution in [0, 0.1) is 13.8 Å². The van der Waals surface area contributed by atoms with Gasteiger partial charge in [-0.15, -0.1) is 11.3 Å². The van der Waals surface area contributed by atoms with E-state index >= 15 is 0 Å². The first kappa shape index (κ1) is 20.3. The summed E-state index contributed by atoms with van der Waals surface area (Å²) in [6.45, 7) is 7.54. The summed E-state index contributed by atoms with van der Waals surface area (Å²) in [5, 5.41) is 7.12. The number of nitrogens with zero attached hydrogens (tertiary/aromatic N) is 3. The fraction of sp³-hybridized carbons (Fsp3) is 0.471. The van der Waals surface area contributed by atoms with Gasteiger partial charge in [0.2, 0.25) is 0 Å². The maximum absolute atomic E-state index is 10.6. The second-order valence-corrected chi connectivity index (χ2v) is 7.35. The molecule has 2 aromatic heterocycles. The van der Waals surface area contributed by atoms with Crippen molar-refractivity contribution in [2.75, 3.05) is 13.1 Å². The van der Waals surface area contributed by atoms with E-state index in [4.69, 9.17) is 9.90 Å². The van der Waals surface area contributed by atoms with Crippen molar-refractivity contribution in [2.45, 2.75) is 39.4 Å². The SMILES string of the molecule is Cc1ccc(CN2CCc3ncnc(C)c3CC2)s1.O=C(O)C(F)(F)F. The number of carboxylic acid groups (broad SMARTS) is 1. The molecule has 0 aromatic carbocycles. The summed E-state index contributed by atoms with van der Waals surface area (Å²) in [4.78, 5) is 23.1. The number of aliphatic carboxylic acids is 1. The summed E-state index contributed by atoms with van der Waals surface area (Å²) in [6, 6.07) is 4.46. The Morgan fingerprint density at radius 2 is 1.88 bits per heavy atom. The Kier molecular flexibility index (Phi) is 6.71. The molecule has 142 valence electrons. The van der Waals surface area contributed by atoms with Crippen LogP contribution in [0.3, 0.4) is 0 Å². The molecule has 5 nitrogen and oxygen atoms in total. The van der Waals surface area contributed by atoms with E-state index in [1.165, 1.54) is 21.0 Å². The van der Waals surface area contributed by atoms with Crippen LogP contribution in [-0.4, -0.2) is 45.2 Å². The Labute approximate surface area is 153 Å². The molecule has 0 spiro atoms. The first-order chi connectivity index (χ1) is 12.2. The summed E-state index contributed by atoms with van der Waals surface area (Å²) >= 11 is 1.91. The molecule has 1 aliphatic heterocycles. The van der Waals surface area contributed by atoms with Crippen LogP contribution in [0.5, 0.6) is 0 Å². The van der Waals surface area contributed by atoms with Gasteiger partial charge in [-0.2, -0.15) is 13.2 Å². The first-order valence-corrected chi connectivity index (χ1v) is 8.85. The highest BCUT2D eigenvalue weighted by atomic mass is 32.1. The van der Waals surface area contributed by atoms with E-state index in [-0.39, 0.29) is 0 Å². The van der Waals surface area contributed by atoms with E-state index in [0.717, 1.165) is 38.2 Å². The number of hydrogen-bond donors (Lipinski definition) is 1. The van der Waals surface area contributed by atoms with E-state index in [1.54, 1.807) is 6.33 Å². The van der Waals surface area contributed by atoms with E-state index in [9.17, 15) is 13.2 Å². The molecule has 9 heteroatoms. The van der Waals surface area contributed by atoms with Crippen molar-refractivity contribution < 1.29 is 23.1 Å². The number of rotatable bonds is 2. The number of hydrogen-bond acceptors (Lipinski definition) is 5. The van der Waals surface area contributed by atoms with Crippen molar-refractivity contribution >= 4 is 17.3 Å². The van der Waals surface area contributed by atoms with Gasteiger partial charge < -0.3 is 5.11 Å². The molecule has 1 aliphatic rings. The van der Waals surface area contributed by atoms with Crippen molar-refractivity contribution in [3.63, 3.8) is 0 Å². The van der Waals surface area contributed by atoms with E-state index in [2.05, 4.69) is 40.8 Å². The molecule has 2 aromatic rings. The zero-order valence-electron chi connectivity index (χ0n) is 14.5. The molecule has 0 fully saturated rings. The number of aromatic nitrogens is 2. The Hall–Kier alpha value is -2.00. The van der Waals surface area contributed by atoms with Gasteiger partial charge in [0.25, 0.3) is 0 Å². The smallest absolute Gasteiger partial charge is 0.475 e. The molecule has 0 aliphatic carbocycles. The molecule has 3 heterocycles. The van der Waals surface area contributed by atoms with Gasteiger partial charge in [0.15, 0.2) is 0 Å². The standard InChI is InChI=1S/C15H19N3S.C2HF3O2/c1-11-3-4-13(19-11)9-18-7-5-14-12(2)16-10-17-15(14)6-8-18;3-2(4,5)1(6)7/h3-4,10H,5-9H2,1-2H3;(H,6,7). The number of aryl methyl sites for hydroxylation is 2. The zero-order valence-corrected chi connectivity index (χ0v) is 15.3. The van der Waals surface area contributed by atoms with Crippen LogP contribution in [0.25, 0.3) is 0 Å². The minimum Gasteiger partial charge on any atom is -0.475 e. The number of fused-ring (bicyclic) bond motifs is 1. The fourth-order valence-electron chi connectivity index (χ4n) is 2.68. The second-order valence-electron chi connectivity index (χ2n) is 5.98. The van der Waals surface area contributed by atoms with Crippen LogP contribution in [0.1, 0.15) is 26.7 Å². The van der Waals surface area contributed by atoms with Gasteiger partial charge in [-0.3, -0.25) is 4.90 Å². The third-order valence-electron chi connectivity index (χ3n) is 4.01. The van der Waals surface area contributed by atoms with Crippen molar-refractivity contribution in [3.05, 3.63) is 45.2 Å². The topological polar surface area (TPSA) is 66.3 Å². The van der Waals surface area contributed by atoms with Crippen molar-refractivity contribution in [1.29, 1.82) is 0 Å². The van der Waals surface area contributed by atoms with Gasteiger partial charge in [-0.05, 0) is 38.0 Å². The molecule has 3 rings (SSSR count). The molecule has 0 saturated carbocycles. The maximum atomic E-state index is 10.6. The first-order valence-electron chi connectivity index (χ1n) is 8.04. The highest BCUT2D eigenvalue weighted by Gasteiger charge is 2.38. The van der Waals surface area contributed by atoms with Gasteiger partial charge >= 0.3 is 12.1 Å². The molecule has 0 amide bonds. The van der Waals surface area contributed by atoms with Crippen LogP contribution in [0.15, 0.2) is 18.5 Å². The molecule has 0 unspecified atom stereocenters. The molecule has 0 saturated heterocycles. The second kappa shape index (κ2) is 8.59. The molecule has 1 N–H and O–H groups in total. The lowest BCUT2D eigenvalue weighted by molar-refractivity contribution is -0.192. The summed E-state index contributed by atoms with van der Waals surface area (Å²) in [7, 11) is 0. The maximum Gasteiger partial charge on any atom is 0.490 e. The van der Waals surface area contributed by atoms with E-state index in [0.29, 0.717) is 0 Å². The van der Waals surface area contributed by atoms with Gasteiger partial charge in [0.1, 0.15) is 6.33 Å². The average Bonchev–Trinajstić information content (AvgIpc) is 2.84. The Balaban J connectivity index is 0.000000298. The molecule has 0 atom stereocenters. The van der Waals surface area contributed by atoms with Gasteiger partial charge in [-0.1, -0.05) is 0 Å². The summed E-state index contributed by atoms with van der Waals surface area (Å²) in [6.07, 6.45) is -1.26. The van der Waals surface area contributed by atoms with Crippen molar-refractivity contribution in [3.8, 4) is 0 Å². The number of alkyl halides is 3. The third kappa shape index (κ3) is 5.77. The molecule has 0 bridgehead atoms. The quantitative estimate of drug-likeness (QED) is 0.856. The van der Waals surface area contributed by atoms with Crippen LogP contribution in [-0.2, 0) is 24.2 Å². The minimum atomic E-state index is -5.08. The highest BCUT2D eigenvalue weighted by molar-refractivity contribution is 7.11. The number of carboxylic acids is 1. The average molecular weight is 387 g/mol. The van der Waals surface area contributed by atoms with Crippen LogP contribution >= 0.6 is 11.3 Å². The molecular formula is C17H20F3N3O2S. The predicted octanol–water partition coefficient (Wildman–Crippen LogP) is 3.39. The third-order valence-corrected chi connectivity index (χ3v) is 5.00. The van der Waals surface area contributed by atoms with Crippen molar-refractivity contribution in [2.24, 2.45) is 0 Å². The lowest BCUT2D eigenvalue weighted by Crippen LogP contribution is -2.25.